The number of amides is 1. The molecule has 1 atom stereocenters. The van der Waals surface area contributed by atoms with Gasteiger partial charge in [-0.1, -0.05) is 54.9 Å². The van der Waals surface area contributed by atoms with Crippen molar-refractivity contribution in [1.29, 1.82) is 0 Å². The van der Waals surface area contributed by atoms with E-state index in [0.717, 1.165) is 30.1 Å². The van der Waals surface area contributed by atoms with E-state index in [4.69, 9.17) is 11.6 Å². The largest absolute Gasteiger partial charge is 0.341 e. The summed E-state index contributed by atoms with van der Waals surface area (Å²) in [4.78, 5) is 14.6. The van der Waals surface area contributed by atoms with Gasteiger partial charge in [0.15, 0.2) is 0 Å². The maximum atomic E-state index is 12.6. The summed E-state index contributed by atoms with van der Waals surface area (Å²) in [6.07, 6.45) is 1.38. The Labute approximate surface area is 136 Å². The molecule has 0 unspecified atom stereocenters. The van der Waals surface area contributed by atoms with Gasteiger partial charge >= 0.3 is 0 Å². The van der Waals surface area contributed by atoms with Crippen LogP contribution in [-0.2, 0) is 17.6 Å². The van der Waals surface area contributed by atoms with Gasteiger partial charge in [0.25, 0.3) is 0 Å². The van der Waals surface area contributed by atoms with Crippen LogP contribution in [0, 0.1) is 0 Å². The highest BCUT2D eigenvalue weighted by Gasteiger charge is 2.23. The average Bonchev–Trinajstić information content (AvgIpc) is 2.68. The first-order chi connectivity index (χ1) is 10.6. The van der Waals surface area contributed by atoms with Gasteiger partial charge in [-0.05, 0) is 41.2 Å². The topological polar surface area (TPSA) is 20.3 Å². The molecule has 22 heavy (non-hydrogen) atoms. The summed E-state index contributed by atoms with van der Waals surface area (Å²) in [6.45, 7) is 3.72. The van der Waals surface area contributed by atoms with Crippen molar-refractivity contribution in [3.05, 3.63) is 70.2 Å². The van der Waals surface area contributed by atoms with Crippen LogP contribution in [0.5, 0.6) is 0 Å². The number of fused-ring (bicyclic) bond motifs is 1. The second-order valence-electron chi connectivity index (χ2n) is 6.00. The van der Waals surface area contributed by atoms with Crippen molar-refractivity contribution in [1.82, 2.24) is 4.90 Å². The van der Waals surface area contributed by atoms with Gasteiger partial charge in [0.2, 0.25) is 5.91 Å². The zero-order valence-corrected chi connectivity index (χ0v) is 13.5. The van der Waals surface area contributed by atoms with Crippen molar-refractivity contribution in [2.45, 2.75) is 25.7 Å². The Bertz CT molecular complexity index is 668. The smallest absolute Gasteiger partial charge is 0.227 e. The van der Waals surface area contributed by atoms with Gasteiger partial charge in [0.05, 0.1) is 6.42 Å². The molecule has 2 aromatic carbocycles. The number of halogens is 1. The average molecular weight is 314 g/mol. The van der Waals surface area contributed by atoms with E-state index < -0.39 is 0 Å². The first kappa shape index (κ1) is 15.1. The van der Waals surface area contributed by atoms with Gasteiger partial charge in [-0.2, -0.15) is 0 Å². The molecule has 1 aliphatic heterocycles. The van der Waals surface area contributed by atoms with E-state index in [1.807, 2.05) is 47.4 Å². The molecule has 1 heterocycles. The van der Waals surface area contributed by atoms with Crippen molar-refractivity contribution < 1.29 is 4.79 Å². The van der Waals surface area contributed by atoms with Gasteiger partial charge in [-0.25, -0.2) is 0 Å². The molecular formula is C19H20ClNO. The van der Waals surface area contributed by atoms with Crippen LogP contribution < -0.4 is 0 Å². The third kappa shape index (κ3) is 3.33. The van der Waals surface area contributed by atoms with Crippen LogP contribution >= 0.6 is 11.6 Å². The first-order valence-corrected chi connectivity index (χ1v) is 8.11. The van der Waals surface area contributed by atoms with Gasteiger partial charge < -0.3 is 4.90 Å². The van der Waals surface area contributed by atoms with E-state index in [0.29, 0.717) is 12.3 Å². The van der Waals surface area contributed by atoms with Crippen LogP contribution in [0.1, 0.15) is 29.5 Å². The lowest BCUT2D eigenvalue weighted by molar-refractivity contribution is -0.130. The summed E-state index contributed by atoms with van der Waals surface area (Å²) in [7, 11) is 0. The number of carbonyl (C=O) groups is 1. The quantitative estimate of drug-likeness (QED) is 0.818. The van der Waals surface area contributed by atoms with Crippen LogP contribution in [0.4, 0.5) is 0 Å². The number of rotatable bonds is 2. The molecule has 0 fully saturated rings. The summed E-state index contributed by atoms with van der Waals surface area (Å²) in [5, 5.41) is 0.773. The molecular weight excluding hydrogens is 294 g/mol. The van der Waals surface area contributed by atoms with E-state index in [-0.39, 0.29) is 5.91 Å². The lowest BCUT2D eigenvalue weighted by Gasteiger charge is -2.23. The predicted molar refractivity (Wildman–Crippen MR) is 90.3 cm³/mol. The Hall–Kier alpha value is -1.80. The third-order valence-corrected chi connectivity index (χ3v) is 4.57. The molecule has 3 rings (SSSR count). The fourth-order valence-electron chi connectivity index (χ4n) is 3.14. The fourth-order valence-corrected chi connectivity index (χ4v) is 3.32. The zero-order chi connectivity index (χ0) is 15.5. The van der Waals surface area contributed by atoms with Crippen LogP contribution in [0.3, 0.4) is 0 Å². The Morgan fingerprint density at radius 2 is 2.00 bits per heavy atom. The Morgan fingerprint density at radius 3 is 2.77 bits per heavy atom. The molecule has 0 bridgehead atoms. The molecule has 0 N–H and O–H groups in total. The summed E-state index contributed by atoms with van der Waals surface area (Å²) in [6, 6.07) is 16.0. The molecule has 114 valence electrons. The maximum absolute atomic E-state index is 12.6. The van der Waals surface area contributed by atoms with Crippen LogP contribution in [0.2, 0.25) is 5.02 Å². The van der Waals surface area contributed by atoms with Crippen LogP contribution in [0.15, 0.2) is 48.5 Å². The normalized spacial score (nSPS) is 17.7. The molecule has 0 saturated heterocycles. The minimum absolute atomic E-state index is 0.206. The predicted octanol–water partition coefficient (Wildman–Crippen LogP) is 4.07. The van der Waals surface area contributed by atoms with E-state index in [2.05, 4.69) is 13.0 Å². The van der Waals surface area contributed by atoms with Gasteiger partial charge in [-0.3, -0.25) is 4.79 Å². The molecule has 1 amide bonds. The van der Waals surface area contributed by atoms with Gasteiger partial charge in [-0.15, -0.1) is 0 Å². The Kier molecular flexibility index (Phi) is 4.49. The Morgan fingerprint density at radius 1 is 1.23 bits per heavy atom. The molecule has 0 saturated carbocycles. The van der Waals surface area contributed by atoms with Crippen molar-refractivity contribution >= 4 is 17.5 Å². The molecule has 0 radical (unpaired) electrons. The summed E-state index contributed by atoms with van der Waals surface area (Å²) in [5.74, 6) is 0.521. The Balaban J connectivity index is 1.74. The maximum Gasteiger partial charge on any atom is 0.227 e. The number of hydrogen-bond donors (Lipinski definition) is 0. The molecule has 2 nitrogen and oxygen atoms in total. The highest BCUT2D eigenvalue weighted by molar-refractivity contribution is 6.30. The molecule has 0 aromatic heterocycles. The second-order valence-corrected chi connectivity index (χ2v) is 6.43. The van der Waals surface area contributed by atoms with Crippen LogP contribution in [0.25, 0.3) is 0 Å². The summed E-state index contributed by atoms with van der Waals surface area (Å²) >= 11 is 6.12. The second kappa shape index (κ2) is 6.53. The number of benzene rings is 2. The molecule has 3 heteroatoms. The molecule has 2 aromatic rings. The highest BCUT2D eigenvalue weighted by atomic mass is 35.5. The van der Waals surface area contributed by atoms with Gasteiger partial charge in [0, 0.05) is 18.1 Å². The van der Waals surface area contributed by atoms with E-state index in [1.54, 1.807) is 0 Å². The minimum atomic E-state index is 0.206. The van der Waals surface area contributed by atoms with Crippen molar-refractivity contribution in [3.8, 4) is 0 Å². The highest BCUT2D eigenvalue weighted by Crippen LogP contribution is 2.28. The lowest BCUT2D eigenvalue weighted by Crippen LogP contribution is -2.35. The number of hydrogen-bond acceptors (Lipinski definition) is 1. The number of nitrogens with zero attached hydrogens (tertiary/aromatic N) is 1. The van der Waals surface area contributed by atoms with E-state index >= 15 is 0 Å². The standard InChI is InChI=1S/C19H20ClNO/c1-14-13-21(19(22)11-15-5-3-2-4-6-15)10-9-16-7-8-17(20)12-18(14)16/h2-8,12,14H,9-11,13H2,1H3/t14-/m1/s1. The summed E-state index contributed by atoms with van der Waals surface area (Å²) < 4.78 is 0. The fraction of sp³-hybridized carbons (Fsp3) is 0.316. The van der Waals surface area contributed by atoms with Crippen LogP contribution in [-0.4, -0.2) is 23.9 Å². The van der Waals surface area contributed by atoms with Crippen molar-refractivity contribution in [3.63, 3.8) is 0 Å². The monoisotopic (exact) mass is 313 g/mol. The van der Waals surface area contributed by atoms with E-state index in [1.165, 1.54) is 11.1 Å². The molecule has 0 aliphatic carbocycles. The third-order valence-electron chi connectivity index (χ3n) is 4.34. The molecule has 0 spiro atoms. The van der Waals surface area contributed by atoms with Gasteiger partial charge in [0.1, 0.15) is 0 Å². The lowest BCUT2D eigenvalue weighted by atomic mass is 9.95. The zero-order valence-electron chi connectivity index (χ0n) is 12.8. The summed E-state index contributed by atoms with van der Waals surface area (Å²) in [5.41, 5.74) is 3.67. The first-order valence-electron chi connectivity index (χ1n) is 7.73. The minimum Gasteiger partial charge on any atom is -0.341 e. The molecule has 1 aliphatic rings. The number of carbonyl (C=O) groups excluding carboxylic acids is 1. The van der Waals surface area contributed by atoms with E-state index in [9.17, 15) is 4.79 Å². The van der Waals surface area contributed by atoms with Crippen molar-refractivity contribution in [2.75, 3.05) is 13.1 Å². The SMILES string of the molecule is C[C@@H]1CN(C(=O)Cc2ccccc2)CCc2ccc(Cl)cc21. The van der Waals surface area contributed by atoms with Crippen molar-refractivity contribution in [2.24, 2.45) is 0 Å².